The van der Waals surface area contributed by atoms with Gasteiger partial charge in [0.1, 0.15) is 0 Å². The predicted molar refractivity (Wildman–Crippen MR) is 130 cm³/mol. The molecule has 0 saturated carbocycles. The fourth-order valence-electron chi connectivity index (χ4n) is 2.87. The molecule has 3 N–H and O–H groups in total. The van der Waals surface area contributed by atoms with E-state index in [-0.39, 0.29) is 36.7 Å². The van der Waals surface area contributed by atoms with Crippen molar-refractivity contribution in [2.24, 2.45) is 4.99 Å². The lowest BCUT2D eigenvalue weighted by Gasteiger charge is -2.12. The van der Waals surface area contributed by atoms with Crippen LogP contribution in [0.5, 0.6) is 11.5 Å². The van der Waals surface area contributed by atoms with E-state index in [0.29, 0.717) is 36.2 Å². The molecule has 0 atom stereocenters. The number of hydrogen-bond acceptors (Lipinski definition) is 4. The van der Waals surface area contributed by atoms with Crippen molar-refractivity contribution in [2.45, 2.75) is 19.8 Å². The first-order valence-corrected chi connectivity index (χ1v) is 9.82. The van der Waals surface area contributed by atoms with Crippen LogP contribution in [0.25, 0.3) is 0 Å². The lowest BCUT2D eigenvalue weighted by atomic mass is 10.1. The minimum atomic E-state index is -0.112. The molecule has 162 valence electrons. The van der Waals surface area contributed by atoms with Crippen LogP contribution in [0.3, 0.4) is 0 Å². The Kier molecular flexibility index (Phi) is 9.51. The summed E-state index contributed by atoms with van der Waals surface area (Å²) in [5.74, 6) is 2.10. The molecule has 0 saturated heterocycles. The number of aliphatic imine (C=N–C) groups is 1. The summed E-state index contributed by atoms with van der Waals surface area (Å²) in [6, 6.07) is 11.5. The van der Waals surface area contributed by atoms with Gasteiger partial charge >= 0.3 is 0 Å². The number of halogens is 2. The van der Waals surface area contributed by atoms with Crippen molar-refractivity contribution >= 4 is 53.1 Å². The van der Waals surface area contributed by atoms with E-state index in [0.717, 1.165) is 29.0 Å². The van der Waals surface area contributed by atoms with E-state index in [1.54, 1.807) is 13.1 Å². The van der Waals surface area contributed by atoms with E-state index >= 15 is 0 Å². The lowest BCUT2D eigenvalue weighted by molar-refractivity contribution is -0.116. The molecule has 0 fully saturated rings. The topological polar surface area (TPSA) is 84.0 Å². The van der Waals surface area contributed by atoms with E-state index in [9.17, 15) is 4.79 Å². The summed E-state index contributed by atoms with van der Waals surface area (Å²) in [5, 5.41) is 9.73. The molecule has 1 amide bonds. The van der Waals surface area contributed by atoms with Crippen molar-refractivity contribution in [1.82, 2.24) is 10.6 Å². The molecule has 7 nitrogen and oxygen atoms in total. The molecule has 0 radical (unpaired) electrons. The van der Waals surface area contributed by atoms with Crippen molar-refractivity contribution < 1.29 is 14.3 Å². The number of carbonyl (C=O) groups is 1. The second-order valence-corrected chi connectivity index (χ2v) is 7.05. The average Bonchev–Trinajstić information content (AvgIpc) is 3.17. The SMILES string of the molecule is CN=C(NCCC(=O)Nc1ccc(C)cc1Cl)NCCc1ccc2c(c1)OCO2.I. The van der Waals surface area contributed by atoms with Gasteiger partial charge in [0.05, 0.1) is 10.7 Å². The first-order chi connectivity index (χ1) is 14.0. The van der Waals surface area contributed by atoms with Crippen LogP contribution in [0.1, 0.15) is 17.5 Å². The molecule has 1 aliphatic heterocycles. The number of anilines is 1. The largest absolute Gasteiger partial charge is 0.454 e. The third-order valence-electron chi connectivity index (χ3n) is 4.41. The van der Waals surface area contributed by atoms with Crippen LogP contribution in [0.15, 0.2) is 41.4 Å². The van der Waals surface area contributed by atoms with Crippen molar-refractivity contribution in [2.75, 3.05) is 32.2 Å². The van der Waals surface area contributed by atoms with Crippen molar-refractivity contribution in [3.8, 4) is 11.5 Å². The fraction of sp³-hybridized carbons (Fsp3) is 0.333. The zero-order chi connectivity index (χ0) is 20.6. The Bertz CT molecular complexity index is 908. The number of carbonyl (C=O) groups excluding carboxylic acids is 1. The number of rotatable bonds is 7. The minimum absolute atomic E-state index is 0. The molecule has 1 heterocycles. The Hall–Kier alpha value is -2.20. The highest BCUT2D eigenvalue weighted by molar-refractivity contribution is 14.0. The summed E-state index contributed by atoms with van der Waals surface area (Å²) in [6.45, 7) is 3.38. The molecule has 0 aromatic heterocycles. The number of benzene rings is 2. The number of nitrogens with one attached hydrogen (secondary N) is 3. The van der Waals surface area contributed by atoms with Gasteiger partial charge in [-0.25, -0.2) is 0 Å². The van der Waals surface area contributed by atoms with Crippen LogP contribution in [-0.2, 0) is 11.2 Å². The van der Waals surface area contributed by atoms with Crippen LogP contribution < -0.4 is 25.4 Å². The summed E-state index contributed by atoms with van der Waals surface area (Å²) in [7, 11) is 1.70. The first kappa shape index (κ1) is 24.1. The van der Waals surface area contributed by atoms with Gasteiger partial charge in [0.15, 0.2) is 17.5 Å². The molecule has 0 spiro atoms. The number of nitrogens with zero attached hydrogens (tertiary/aromatic N) is 1. The summed E-state index contributed by atoms with van der Waals surface area (Å²) >= 11 is 6.15. The summed E-state index contributed by atoms with van der Waals surface area (Å²) in [6.07, 6.45) is 1.11. The Morgan fingerprint density at radius 3 is 2.63 bits per heavy atom. The Balaban J connectivity index is 0.00000320. The minimum Gasteiger partial charge on any atom is -0.454 e. The maximum absolute atomic E-state index is 12.1. The van der Waals surface area contributed by atoms with E-state index < -0.39 is 0 Å². The van der Waals surface area contributed by atoms with Gasteiger partial charge in [-0.15, -0.1) is 24.0 Å². The second-order valence-electron chi connectivity index (χ2n) is 6.64. The van der Waals surface area contributed by atoms with Crippen LogP contribution in [0.2, 0.25) is 5.02 Å². The van der Waals surface area contributed by atoms with Crippen molar-refractivity contribution in [3.05, 3.63) is 52.5 Å². The molecule has 30 heavy (non-hydrogen) atoms. The maximum Gasteiger partial charge on any atom is 0.231 e. The fourth-order valence-corrected chi connectivity index (χ4v) is 3.15. The van der Waals surface area contributed by atoms with Gasteiger partial charge in [0.25, 0.3) is 0 Å². The number of amides is 1. The first-order valence-electron chi connectivity index (χ1n) is 9.44. The van der Waals surface area contributed by atoms with E-state index in [2.05, 4.69) is 20.9 Å². The van der Waals surface area contributed by atoms with Crippen LogP contribution in [-0.4, -0.2) is 38.8 Å². The molecule has 0 aliphatic carbocycles. The molecule has 9 heteroatoms. The zero-order valence-electron chi connectivity index (χ0n) is 17.0. The van der Waals surface area contributed by atoms with Crippen LogP contribution in [0, 0.1) is 6.92 Å². The normalized spacial score (nSPS) is 12.2. The summed E-state index contributed by atoms with van der Waals surface area (Å²) in [5.41, 5.74) is 2.81. The van der Waals surface area contributed by atoms with E-state index in [1.807, 2.05) is 37.3 Å². The van der Waals surface area contributed by atoms with Gasteiger partial charge in [-0.05, 0) is 48.7 Å². The summed E-state index contributed by atoms with van der Waals surface area (Å²) < 4.78 is 10.7. The number of aryl methyl sites for hydroxylation is 1. The van der Waals surface area contributed by atoms with E-state index in [4.69, 9.17) is 21.1 Å². The molecule has 1 aliphatic rings. The van der Waals surface area contributed by atoms with Gasteiger partial charge in [0, 0.05) is 26.6 Å². The van der Waals surface area contributed by atoms with Gasteiger partial charge < -0.3 is 25.4 Å². The quantitative estimate of drug-likeness (QED) is 0.281. The highest BCUT2D eigenvalue weighted by Gasteiger charge is 2.13. The highest BCUT2D eigenvalue weighted by atomic mass is 127. The predicted octanol–water partition coefficient (Wildman–Crippen LogP) is 3.73. The number of guanidine groups is 1. The number of ether oxygens (including phenoxy) is 2. The highest BCUT2D eigenvalue weighted by Crippen LogP contribution is 2.32. The molecule has 0 unspecified atom stereocenters. The maximum atomic E-state index is 12.1. The molecular formula is C21H26ClIN4O3. The Morgan fingerprint density at radius 2 is 1.87 bits per heavy atom. The lowest BCUT2D eigenvalue weighted by Crippen LogP contribution is -2.39. The summed E-state index contributed by atoms with van der Waals surface area (Å²) in [4.78, 5) is 16.3. The Labute approximate surface area is 198 Å². The van der Waals surface area contributed by atoms with Crippen LogP contribution in [0.4, 0.5) is 5.69 Å². The zero-order valence-corrected chi connectivity index (χ0v) is 20.0. The monoisotopic (exact) mass is 544 g/mol. The van der Waals surface area contributed by atoms with Crippen LogP contribution >= 0.6 is 35.6 Å². The van der Waals surface area contributed by atoms with Gasteiger partial charge in [-0.1, -0.05) is 23.7 Å². The molecule has 0 bridgehead atoms. The molecular weight excluding hydrogens is 519 g/mol. The number of fused-ring (bicyclic) bond motifs is 1. The second kappa shape index (κ2) is 11.8. The third kappa shape index (κ3) is 6.94. The van der Waals surface area contributed by atoms with Gasteiger partial charge in [-0.2, -0.15) is 0 Å². The smallest absolute Gasteiger partial charge is 0.231 e. The van der Waals surface area contributed by atoms with E-state index in [1.165, 1.54) is 0 Å². The van der Waals surface area contributed by atoms with Crippen molar-refractivity contribution in [1.29, 1.82) is 0 Å². The van der Waals surface area contributed by atoms with Gasteiger partial charge in [0.2, 0.25) is 12.7 Å². The van der Waals surface area contributed by atoms with Gasteiger partial charge in [-0.3, -0.25) is 9.79 Å². The average molecular weight is 545 g/mol. The molecule has 3 rings (SSSR count). The molecule has 2 aromatic carbocycles. The molecule has 2 aromatic rings. The number of hydrogen-bond donors (Lipinski definition) is 3. The standard InChI is InChI=1S/C21H25ClN4O3.HI/c1-14-3-5-17(16(22)11-14)26-20(27)8-10-25-21(23-2)24-9-7-15-4-6-18-19(12-15)29-13-28-18;/h3-6,11-12H,7-10,13H2,1-2H3,(H,26,27)(H2,23,24,25);1H. The third-order valence-corrected chi connectivity index (χ3v) is 4.72. The Morgan fingerprint density at radius 1 is 1.10 bits per heavy atom. The van der Waals surface area contributed by atoms with Crippen molar-refractivity contribution in [3.63, 3.8) is 0 Å².